The van der Waals surface area contributed by atoms with Gasteiger partial charge in [0.2, 0.25) is 0 Å². The molecule has 1 heterocycles. The number of hydrogen-bond acceptors (Lipinski definition) is 2. The fourth-order valence-electron chi connectivity index (χ4n) is 3.13. The van der Waals surface area contributed by atoms with E-state index >= 15 is 0 Å². The van der Waals surface area contributed by atoms with Gasteiger partial charge >= 0.3 is 0 Å². The van der Waals surface area contributed by atoms with E-state index in [1.54, 1.807) is 6.07 Å². The number of piperidine rings is 1. The van der Waals surface area contributed by atoms with Gasteiger partial charge in [-0.1, -0.05) is 35.9 Å². The normalized spacial score (nSPS) is 17.8. The maximum absolute atomic E-state index is 14.6. The van der Waals surface area contributed by atoms with Crippen LogP contribution in [-0.4, -0.2) is 31.1 Å². The van der Waals surface area contributed by atoms with E-state index in [1.165, 1.54) is 0 Å². The van der Waals surface area contributed by atoms with E-state index in [-0.39, 0.29) is 11.9 Å². The molecule has 128 valence electrons. The van der Waals surface area contributed by atoms with Crippen molar-refractivity contribution in [1.29, 1.82) is 0 Å². The number of aryl methyl sites for hydroxylation is 1. The summed E-state index contributed by atoms with van der Waals surface area (Å²) in [6, 6.07) is 12.8. The van der Waals surface area contributed by atoms with E-state index in [1.807, 2.05) is 43.3 Å². The molecule has 0 aliphatic carbocycles. The smallest absolute Gasteiger partial charge is 0.129 e. The quantitative estimate of drug-likeness (QED) is 0.772. The van der Waals surface area contributed by atoms with Gasteiger partial charge in [0.25, 0.3) is 0 Å². The monoisotopic (exact) mass is 347 g/mol. The molecule has 2 nitrogen and oxygen atoms in total. The molecular weight excluding hydrogens is 325 g/mol. The Morgan fingerprint density at radius 1 is 1.12 bits per heavy atom. The van der Waals surface area contributed by atoms with Gasteiger partial charge in [0, 0.05) is 23.7 Å². The Kier molecular flexibility index (Phi) is 5.54. The zero-order valence-corrected chi connectivity index (χ0v) is 14.9. The lowest BCUT2D eigenvalue weighted by molar-refractivity contribution is -0.0246. The van der Waals surface area contributed by atoms with Crippen molar-refractivity contribution >= 4 is 11.6 Å². The van der Waals surface area contributed by atoms with Crippen LogP contribution in [0.4, 0.5) is 4.39 Å². The molecule has 1 unspecified atom stereocenters. The van der Waals surface area contributed by atoms with Gasteiger partial charge in [-0.2, -0.15) is 0 Å². The van der Waals surface area contributed by atoms with Gasteiger partial charge < -0.3 is 9.64 Å². The largest absolute Gasteiger partial charge is 0.365 e. The lowest BCUT2D eigenvalue weighted by Crippen LogP contribution is -2.35. The topological polar surface area (TPSA) is 12.5 Å². The Morgan fingerprint density at radius 2 is 1.79 bits per heavy atom. The van der Waals surface area contributed by atoms with Gasteiger partial charge in [-0.05, 0) is 56.1 Å². The van der Waals surface area contributed by atoms with Crippen molar-refractivity contribution in [2.24, 2.45) is 0 Å². The van der Waals surface area contributed by atoms with Crippen LogP contribution in [0.3, 0.4) is 0 Å². The molecule has 2 aromatic carbocycles. The van der Waals surface area contributed by atoms with Gasteiger partial charge in [-0.15, -0.1) is 0 Å². The van der Waals surface area contributed by atoms with Crippen LogP contribution in [-0.2, 0) is 4.74 Å². The number of likely N-dealkylation sites (tertiary alicyclic amines) is 1. The van der Waals surface area contributed by atoms with Crippen LogP contribution in [0, 0.1) is 12.7 Å². The summed E-state index contributed by atoms with van der Waals surface area (Å²) in [4.78, 5) is 2.30. The summed E-state index contributed by atoms with van der Waals surface area (Å²) in [5.41, 5.74) is 2.42. The van der Waals surface area contributed by atoms with E-state index in [2.05, 4.69) is 11.9 Å². The predicted octanol–water partition coefficient (Wildman–Crippen LogP) is 4.99. The summed E-state index contributed by atoms with van der Waals surface area (Å²) >= 11 is 6.00. The van der Waals surface area contributed by atoms with E-state index < -0.39 is 6.10 Å². The second-order valence-electron chi connectivity index (χ2n) is 6.60. The molecule has 1 aliphatic rings. The molecule has 2 aromatic rings. The molecule has 24 heavy (non-hydrogen) atoms. The molecule has 0 bridgehead atoms. The fraction of sp³-hybridized carbons (Fsp3) is 0.400. The van der Waals surface area contributed by atoms with Crippen LogP contribution in [0.25, 0.3) is 0 Å². The van der Waals surface area contributed by atoms with Gasteiger partial charge in [0.15, 0.2) is 0 Å². The van der Waals surface area contributed by atoms with Crippen LogP contribution >= 0.6 is 11.6 Å². The molecule has 1 atom stereocenters. The Hall–Kier alpha value is -1.42. The molecule has 1 saturated heterocycles. The molecule has 0 amide bonds. The third-order valence-corrected chi connectivity index (χ3v) is 4.86. The van der Waals surface area contributed by atoms with Crippen molar-refractivity contribution in [2.45, 2.75) is 32.0 Å². The lowest BCUT2D eigenvalue weighted by Gasteiger charge is -2.32. The highest BCUT2D eigenvalue weighted by Crippen LogP contribution is 2.32. The second-order valence-corrected chi connectivity index (χ2v) is 7.03. The minimum Gasteiger partial charge on any atom is -0.365 e. The molecule has 0 spiro atoms. The maximum atomic E-state index is 14.6. The first-order valence-corrected chi connectivity index (χ1v) is 8.76. The molecule has 0 saturated carbocycles. The summed E-state index contributed by atoms with van der Waals surface area (Å²) in [5, 5.41) is 0.668. The summed E-state index contributed by atoms with van der Waals surface area (Å²) in [7, 11) is 2.12. The third-order valence-electron chi connectivity index (χ3n) is 4.61. The van der Waals surface area contributed by atoms with Crippen molar-refractivity contribution in [3.63, 3.8) is 0 Å². The fourth-order valence-corrected chi connectivity index (χ4v) is 3.25. The molecule has 0 radical (unpaired) electrons. The standard InChI is InChI=1S/C20H23ClFNO/c1-14-3-8-18(19(22)13-14)20(15-4-6-16(21)7-5-15)24-17-9-11-23(2)12-10-17/h3-8,13,17,20H,9-12H2,1-2H3. The van der Waals surface area contributed by atoms with Gasteiger partial charge in [0.1, 0.15) is 11.9 Å². The van der Waals surface area contributed by atoms with Crippen LogP contribution in [0.5, 0.6) is 0 Å². The Labute approximate surface area is 148 Å². The molecule has 4 heteroatoms. The maximum Gasteiger partial charge on any atom is 0.129 e. The van der Waals surface area contributed by atoms with Crippen molar-refractivity contribution < 1.29 is 9.13 Å². The van der Waals surface area contributed by atoms with Crippen molar-refractivity contribution in [2.75, 3.05) is 20.1 Å². The zero-order chi connectivity index (χ0) is 17.1. The summed E-state index contributed by atoms with van der Waals surface area (Å²) in [6.07, 6.45) is 1.67. The highest BCUT2D eigenvalue weighted by molar-refractivity contribution is 6.30. The Morgan fingerprint density at radius 3 is 2.42 bits per heavy atom. The minimum absolute atomic E-state index is 0.141. The molecular formula is C20H23ClFNO. The van der Waals surface area contributed by atoms with E-state index in [0.717, 1.165) is 37.1 Å². The molecule has 1 aliphatic heterocycles. The number of hydrogen-bond donors (Lipinski definition) is 0. The molecule has 1 fully saturated rings. The Balaban J connectivity index is 1.89. The van der Waals surface area contributed by atoms with Gasteiger partial charge in [-0.3, -0.25) is 0 Å². The van der Waals surface area contributed by atoms with E-state index in [9.17, 15) is 4.39 Å². The predicted molar refractivity (Wildman–Crippen MR) is 96.0 cm³/mol. The summed E-state index contributed by atoms with van der Waals surface area (Å²) in [5.74, 6) is -0.220. The SMILES string of the molecule is Cc1ccc(C(OC2CCN(C)CC2)c2ccc(Cl)cc2)c(F)c1. The van der Waals surface area contributed by atoms with Gasteiger partial charge in [0.05, 0.1) is 6.10 Å². The zero-order valence-electron chi connectivity index (χ0n) is 14.1. The number of benzene rings is 2. The van der Waals surface area contributed by atoms with Crippen LogP contribution in [0.15, 0.2) is 42.5 Å². The third kappa shape index (κ3) is 4.15. The van der Waals surface area contributed by atoms with Gasteiger partial charge in [-0.25, -0.2) is 4.39 Å². The molecule has 3 rings (SSSR count). The Bertz CT molecular complexity index is 681. The first-order chi connectivity index (χ1) is 11.5. The van der Waals surface area contributed by atoms with Crippen molar-refractivity contribution in [3.05, 3.63) is 70.0 Å². The number of nitrogens with zero attached hydrogens (tertiary/aromatic N) is 1. The van der Waals surface area contributed by atoms with Crippen molar-refractivity contribution in [1.82, 2.24) is 4.90 Å². The second kappa shape index (κ2) is 7.64. The highest BCUT2D eigenvalue weighted by atomic mass is 35.5. The number of halogens is 2. The van der Waals surface area contributed by atoms with Crippen LogP contribution < -0.4 is 0 Å². The van der Waals surface area contributed by atoms with Crippen LogP contribution in [0.1, 0.15) is 35.6 Å². The van der Waals surface area contributed by atoms with E-state index in [0.29, 0.717) is 10.6 Å². The molecule has 0 aromatic heterocycles. The minimum atomic E-state index is -0.406. The van der Waals surface area contributed by atoms with E-state index in [4.69, 9.17) is 16.3 Å². The first-order valence-electron chi connectivity index (χ1n) is 8.38. The highest BCUT2D eigenvalue weighted by Gasteiger charge is 2.25. The first kappa shape index (κ1) is 17.4. The number of rotatable bonds is 4. The summed E-state index contributed by atoms with van der Waals surface area (Å²) < 4.78 is 20.9. The average molecular weight is 348 g/mol. The summed E-state index contributed by atoms with van der Waals surface area (Å²) in [6.45, 7) is 3.91. The van der Waals surface area contributed by atoms with Crippen LogP contribution in [0.2, 0.25) is 5.02 Å². The molecule has 0 N–H and O–H groups in total. The van der Waals surface area contributed by atoms with Crippen molar-refractivity contribution in [3.8, 4) is 0 Å². The lowest BCUT2D eigenvalue weighted by atomic mass is 9.98. The average Bonchev–Trinajstić information content (AvgIpc) is 2.56. The number of ether oxygens (including phenoxy) is 1.